The number of nitrogen functional groups attached to an aromatic ring is 2. The standard InChI is InChI=1S/2C20H18N6O/c2*1-11-3-4-23-9-15(11)17-6-12-7-18(24-10-16(12)19(21)25-17)26-20(27)14-5-13(14)8-22-2/h2*3-4,6-7,9-10,13-14H,5,8H2,1H3,(H2,21,25)(H,24,26,27)/t13-,14?;13-,14+/m01/s1. The molecule has 14 nitrogen and oxygen atoms in total. The number of carbonyl (C=O) groups is 2. The van der Waals surface area contributed by atoms with Gasteiger partial charge in [-0.1, -0.05) is 0 Å². The molecular formula is C40H36N12O2. The molecule has 2 aliphatic carbocycles. The Morgan fingerprint density at radius 2 is 1.13 bits per heavy atom. The lowest BCUT2D eigenvalue weighted by molar-refractivity contribution is -0.118. The van der Waals surface area contributed by atoms with E-state index in [0.29, 0.717) is 36.4 Å². The van der Waals surface area contributed by atoms with E-state index in [1.807, 2.05) is 38.1 Å². The van der Waals surface area contributed by atoms with E-state index in [9.17, 15) is 9.59 Å². The number of nitrogens with two attached hydrogens (primary N) is 2. The van der Waals surface area contributed by atoms with Gasteiger partial charge in [0.1, 0.15) is 23.3 Å². The minimum Gasteiger partial charge on any atom is -0.383 e. The molecule has 6 heterocycles. The molecule has 2 saturated carbocycles. The van der Waals surface area contributed by atoms with Crippen LogP contribution in [0.15, 0.2) is 73.6 Å². The zero-order chi connectivity index (χ0) is 37.9. The number of hydrogen-bond donors (Lipinski definition) is 4. The quantitative estimate of drug-likeness (QED) is 0.133. The average molecular weight is 717 g/mol. The highest BCUT2D eigenvalue weighted by atomic mass is 16.2. The molecular weight excluding hydrogens is 681 g/mol. The predicted octanol–water partition coefficient (Wildman–Crippen LogP) is 6.15. The molecule has 2 fully saturated rings. The monoisotopic (exact) mass is 716 g/mol. The van der Waals surface area contributed by atoms with Gasteiger partial charge in [0.25, 0.3) is 0 Å². The van der Waals surface area contributed by atoms with Crippen molar-refractivity contribution in [2.24, 2.45) is 23.7 Å². The minimum atomic E-state index is -0.0901. The largest absolute Gasteiger partial charge is 0.383 e. The third kappa shape index (κ3) is 7.59. The summed E-state index contributed by atoms with van der Waals surface area (Å²) in [5.41, 5.74) is 17.6. The van der Waals surface area contributed by atoms with Gasteiger partial charge in [0.2, 0.25) is 24.9 Å². The average Bonchev–Trinajstić information content (AvgIpc) is 4.09. The van der Waals surface area contributed by atoms with E-state index in [0.717, 1.165) is 68.0 Å². The summed E-state index contributed by atoms with van der Waals surface area (Å²) in [6.07, 6.45) is 11.8. The smallest absolute Gasteiger partial charge is 0.229 e. The molecule has 4 atom stereocenters. The first kappa shape index (κ1) is 35.3. The highest BCUT2D eigenvalue weighted by Crippen LogP contribution is 2.40. The highest BCUT2D eigenvalue weighted by Gasteiger charge is 2.46. The van der Waals surface area contributed by atoms with Crippen LogP contribution in [0, 0.1) is 50.7 Å². The molecule has 6 aromatic heterocycles. The van der Waals surface area contributed by atoms with Gasteiger partial charge >= 0.3 is 0 Å². The number of hydrogen-bond acceptors (Lipinski definition) is 10. The fourth-order valence-electron chi connectivity index (χ4n) is 6.44. The number of aromatic nitrogens is 6. The summed E-state index contributed by atoms with van der Waals surface area (Å²) in [5.74, 6) is 1.71. The first-order valence-corrected chi connectivity index (χ1v) is 17.4. The van der Waals surface area contributed by atoms with Crippen molar-refractivity contribution in [3.8, 4) is 22.5 Å². The molecule has 1 unspecified atom stereocenters. The van der Waals surface area contributed by atoms with Crippen molar-refractivity contribution in [3.63, 3.8) is 0 Å². The molecule has 0 saturated heterocycles. The number of nitrogens with zero attached hydrogens (tertiary/aromatic N) is 8. The number of pyridine rings is 6. The van der Waals surface area contributed by atoms with Crippen molar-refractivity contribution in [2.45, 2.75) is 26.7 Å². The van der Waals surface area contributed by atoms with Gasteiger partial charge in [0, 0.05) is 82.8 Å². The summed E-state index contributed by atoms with van der Waals surface area (Å²) in [7, 11) is 0. The lowest BCUT2D eigenvalue weighted by Crippen LogP contribution is -2.16. The Kier molecular flexibility index (Phi) is 9.75. The number of aryl methyl sites for hydroxylation is 2. The summed E-state index contributed by atoms with van der Waals surface area (Å²) in [4.78, 5) is 57.2. The Hall–Kier alpha value is -7.06. The number of amides is 2. The second kappa shape index (κ2) is 14.9. The second-order valence-electron chi connectivity index (χ2n) is 13.6. The van der Waals surface area contributed by atoms with E-state index in [4.69, 9.17) is 24.6 Å². The number of rotatable bonds is 8. The van der Waals surface area contributed by atoms with E-state index in [-0.39, 0.29) is 35.5 Å². The Morgan fingerprint density at radius 3 is 1.52 bits per heavy atom. The second-order valence-corrected chi connectivity index (χ2v) is 13.6. The molecule has 0 aromatic carbocycles. The van der Waals surface area contributed by atoms with Crippen molar-refractivity contribution in [1.29, 1.82) is 0 Å². The van der Waals surface area contributed by atoms with Crippen molar-refractivity contribution in [2.75, 3.05) is 35.2 Å². The van der Waals surface area contributed by atoms with E-state index in [1.54, 1.807) is 49.3 Å². The fourth-order valence-corrected chi connectivity index (χ4v) is 6.44. The minimum absolute atomic E-state index is 0.0825. The van der Waals surface area contributed by atoms with Crippen LogP contribution < -0.4 is 22.1 Å². The van der Waals surface area contributed by atoms with Gasteiger partial charge < -0.3 is 31.8 Å². The lowest BCUT2D eigenvalue weighted by atomic mass is 10.1. The Morgan fingerprint density at radius 1 is 0.704 bits per heavy atom. The SMILES string of the molecule is [C-]#[N+]C[C@@H]1CC1C(=O)Nc1cc2cc(-c3cnccc3C)nc(N)c2cn1.[C-]#[N+]C[C@H]1C[C@@H]1C(=O)Nc1cc2cc(-c3cnccc3C)nc(N)c2cn1. The summed E-state index contributed by atoms with van der Waals surface area (Å²) in [6.45, 7) is 18.6. The van der Waals surface area contributed by atoms with Crippen LogP contribution >= 0.6 is 0 Å². The van der Waals surface area contributed by atoms with Crippen LogP contribution in [-0.2, 0) is 9.59 Å². The molecule has 0 spiro atoms. The Bertz CT molecular complexity index is 2350. The molecule has 0 aliphatic heterocycles. The van der Waals surface area contributed by atoms with E-state index < -0.39 is 0 Å². The van der Waals surface area contributed by atoms with Crippen LogP contribution in [0.3, 0.4) is 0 Å². The van der Waals surface area contributed by atoms with E-state index in [2.05, 4.69) is 50.2 Å². The van der Waals surface area contributed by atoms with Crippen LogP contribution in [0.4, 0.5) is 23.3 Å². The van der Waals surface area contributed by atoms with Crippen LogP contribution in [0.5, 0.6) is 0 Å². The first-order chi connectivity index (χ1) is 26.1. The third-order valence-corrected chi connectivity index (χ3v) is 9.79. The van der Waals surface area contributed by atoms with Crippen molar-refractivity contribution in [3.05, 3.63) is 108 Å². The number of anilines is 4. The maximum atomic E-state index is 12.3. The van der Waals surface area contributed by atoms with Gasteiger partial charge in [0.15, 0.2) is 0 Å². The zero-order valence-electron chi connectivity index (χ0n) is 29.6. The van der Waals surface area contributed by atoms with E-state index in [1.165, 1.54) is 0 Å². The maximum Gasteiger partial charge on any atom is 0.229 e. The van der Waals surface area contributed by atoms with Crippen molar-refractivity contribution < 1.29 is 9.59 Å². The molecule has 6 N–H and O–H groups in total. The molecule has 2 aliphatic rings. The summed E-state index contributed by atoms with van der Waals surface area (Å²) in [6, 6.07) is 11.3. The number of nitrogens with one attached hydrogen (secondary N) is 2. The van der Waals surface area contributed by atoms with Gasteiger partial charge in [-0.25, -0.2) is 33.1 Å². The predicted molar refractivity (Wildman–Crippen MR) is 207 cm³/mol. The Labute approximate surface area is 311 Å². The van der Waals surface area contributed by atoms with Crippen molar-refractivity contribution in [1.82, 2.24) is 29.9 Å². The van der Waals surface area contributed by atoms with Crippen molar-refractivity contribution >= 4 is 56.6 Å². The normalized spacial score (nSPS) is 18.1. The molecule has 14 heteroatoms. The number of fused-ring (bicyclic) bond motifs is 2. The molecule has 0 radical (unpaired) electrons. The van der Waals surface area contributed by atoms with Crippen LogP contribution in [0.25, 0.3) is 53.7 Å². The summed E-state index contributed by atoms with van der Waals surface area (Å²) >= 11 is 0. The van der Waals surface area contributed by atoms with Gasteiger partial charge in [-0.05, 0) is 85.0 Å². The van der Waals surface area contributed by atoms with Crippen LogP contribution in [0.1, 0.15) is 24.0 Å². The van der Waals surface area contributed by atoms with Gasteiger partial charge in [-0.15, -0.1) is 0 Å². The highest BCUT2D eigenvalue weighted by molar-refractivity contribution is 6.00. The van der Waals surface area contributed by atoms with Gasteiger partial charge in [0.05, 0.1) is 11.4 Å². The van der Waals surface area contributed by atoms with E-state index >= 15 is 0 Å². The van der Waals surface area contributed by atoms with Crippen LogP contribution in [-0.4, -0.2) is 54.8 Å². The zero-order valence-corrected chi connectivity index (χ0v) is 29.6. The molecule has 268 valence electrons. The molecule has 0 bridgehead atoms. The summed E-state index contributed by atoms with van der Waals surface area (Å²) in [5, 5.41) is 8.85. The molecule has 54 heavy (non-hydrogen) atoms. The fraction of sp³-hybridized carbons (Fsp3) is 0.250. The lowest BCUT2D eigenvalue weighted by Gasteiger charge is -2.10. The van der Waals surface area contributed by atoms with Gasteiger partial charge in [-0.2, -0.15) is 0 Å². The van der Waals surface area contributed by atoms with Crippen LogP contribution in [0.2, 0.25) is 0 Å². The maximum absolute atomic E-state index is 12.3. The number of carbonyl (C=O) groups excluding carboxylic acids is 2. The Balaban J connectivity index is 0.000000167. The third-order valence-electron chi connectivity index (χ3n) is 9.79. The molecule has 8 rings (SSSR count). The van der Waals surface area contributed by atoms with Gasteiger partial charge in [-0.3, -0.25) is 19.6 Å². The summed E-state index contributed by atoms with van der Waals surface area (Å²) < 4.78 is 0. The molecule has 2 amide bonds. The first-order valence-electron chi connectivity index (χ1n) is 17.4. The molecule has 6 aromatic rings. The topological polar surface area (TPSA) is 196 Å².